The summed E-state index contributed by atoms with van der Waals surface area (Å²) in [5, 5.41) is 33.3. The third kappa shape index (κ3) is 27.2. The zero-order valence-corrected chi connectivity index (χ0v) is 48.2. The molecular weight excluding hydrogens is 1070 g/mol. The quantitative estimate of drug-likeness (QED) is 0.0338. The lowest BCUT2D eigenvalue weighted by molar-refractivity contribution is -0.141. The molecule has 0 unspecified atom stereocenters. The number of carboxylic acid groups (broad SMARTS) is 1. The van der Waals surface area contributed by atoms with E-state index < -0.39 is 138 Å². The van der Waals surface area contributed by atoms with Crippen LogP contribution in [0.25, 0.3) is 0 Å². The molecular formula is C55H87N13O12S. The number of nitrogens with two attached hydrogens (primary N) is 4. The molecule has 81 heavy (non-hydrogen) atoms. The van der Waals surface area contributed by atoms with Gasteiger partial charge in [0.1, 0.15) is 48.3 Å². The highest BCUT2D eigenvalue weighted by molar-refractivity contribution is 7.98. The lowest BCUT2D eigenvalue weighted by atomic mass is 10.00. The Labute approximate surface area is 478 Å². The predicted molar refractivity (Wildman–Crippen MR) is 307 cm³/mol. The van der Waals surface area contributed by atoms with Crippen LogP contribution in [-0.4, -0.2) is 156 Å². The van der Waals surface area contributed by atoms with Crippen LogP contribution in [0.1, 0.15) is 104 Å². The molecule has 0 bridgehead atoms. The van der Waals surface area contributed by atoms with Crippen molar-refractivity contribution >= 4 is 76.8 Å². The molecule has 2 aromatic carbocycles. The monoisotopic (exact) mass is 1150 g/mol. The fraction of sp³-hybridized carbons (Fsp3) is 0.582. The molecule has 18 N–H and O–H groups in total. The van der Waals surface area contributed by atoms with Crippen LogP contribution >= 0.6 is 11.8 Å². The molecule has 0 spiro atoms. The predicted octanol–water partition coefficient (Wildman–Crippen LogP) is -1.51. The first-order valence-corrected chi connectivity index (χ1v) is 28.7. The van der Waals surface area contributed by atoms with Gasteiger partial charge in [-0.3, -0.25) is 52.7 Å². The number of unbranched alkanes of at least 4 members (excludes halogenated alkanes) is 2. The summed E-state index contributed by atoms with van der Waals surface area (Å²) in [4.78, 5) is 148. The van der Waals surface area contributed by atoms with E-state index in [1.54, 1.807) is 74.5 Å². The summed E-state index contributed by atoms with van der Waals surface area (Å²) in [6.45, 7) is 8.32. The Kier molecular flexibility index (Phi) is 32.6. The number of hydrogen-bond donors (Lipinski definition) is 14. The van der Waals surface area contributed by atoms with Crippen LogP contribution in [0.3, 0.4) is 0 Å². The van der Waals surface area contributed by atoms with E-state index >= 15 is 0 Å². The zero-order valence-electron chi connectivity index (χ0n) is 47.4. The molecule has 0 saturated carbocycles. The molecule has 2 rings (SSSR count). The van der Waals surface area contributed by atoms with Crippen molar-refractivity contribution in [3.8, 4) is 0 Å². The maximum absolute atomic E-state index is 14.4. The second-order valence-electron chi connectivity index (χ2n) is 20.6. The van der Waals surface area contributed by atoms with Crippen LogP contribution < -0.4 is 70.8 Å². The highest BCUT2D eigenvalue weighted by atomic mass is 32.2. The van der Waals surface area contributed by atoms with E-state index in [0.717, 1.165) is 0 Å². The van der Waals surface area contributed by atoms with Crippen LogP contribution in [0, 0.1) is 11.8 Å². The molecule has 2 aromatic rings. The minimum absolute atomic E-state index is 0.0594. The Hall–Kier alpha value is -7.16. The van der Waals surface area contributed by atoms with E-state index in [9.17, 15) is 57.8 Å². The summed E-state index contributed by atoms with van der Waals surface area (Å²) < 4.78 is 0. The molecule has 0 aliphatic carbocycles. The largest absolute Gasteiger partial charge is 0.481 e. The number of aliphatic carboxylic acids is 1. The normalized spacial score (nSPS) is 14.5. The average Bonchev–Trinajstić information content (AvgIpc) is 3.43. The summed E-state index contributed by atoms with van der Waals surface area (Å²) in [5.41, 5.74) is 23.9. The number of primary amides is 1. The van der Waals surface area contributed by atoms with Crippen LogP contribution in [-0.2, 0) is 65.6 Å². The van der Waals surface area contributed by atoms with Gasteiger partial charge in [0.05, 0.1) is 19.0 Å². The number of carbonyl (C=O) groups excluding carboxylic acids is 10. The first-order chi connectivity index (χ1) is 38.4. The Bertz CT molecular complexity index is 2370. The van der Waals surface area contributed by atoms with E-state index in [-0.39, 0.29) is 57.4 Å². The second-order valence-corrected chi connectivity index (χ2v) is 21.6. The van der Waals surface area contributed by atoms with E-state index in [0.29, 0.717) is 42.7 Å². The number of rotatable bonds is 39. The van der Waals surface area contributed by atoms with Crippen molar-refractivity contribution in [3.05, 3.63) is 71.8 Å². The Balaban J connectivity index is 2.43. The molecule has 450 valence electrons. The molecule has 9 atom stereocenters. The highest BCUT2D eigenvalue weighted by Crippen LogP contribution is 2.13. The second kappa shape index (κ2) is 37.7. The van der Waals surface area contributed by atoms with Gasteiger partial charge in [-0.2, -0.15) is 11.8 Å². The fourth-order valence-electron chi connectivity index (χ4n) is 8.23. The van der Waals surface area contributed by atoms with E-state index in [2.05, 4.69) is 47.9 Å². The third-order valence-electron chi connectivity index (χ3n) is 12.7. The van der Waals surface area contributed by atoms with Crippen LogP contribution in [0.15, 0.2) is 60.7 Å². The number of amides is 10. The number of carboxylic acids is 1. The van der Waals surface area contributed by atoms with Crippen LogP contribution in [0.2, 0.25) is 0 Å². The van der Waals surface area contributed by atoms with Crippen LogP contribution in [0.4, 0.5) is 0 Å². The van der Waals surface area contributed by atoms with Crippen molar-refractivity contribution in [2.75, 3.05) is 31.6 Å². The first-order valence-electron chi connectivity index (χ1n) is 27.3. The van der Waals surface area contributed by atoms with Crippen LogP contribution in [0.5, 0.6) is 0 Å². The lowest BCUT2D eigenvalue weighted by Crippen LogP contribution is -2.61. The average molecular weight is 1150 g/mol. The van der Waals surface area contributed by atoms with Gasteiger partial charge in [-0.25, -0.2) is 0 Å². The van der Waals surface area contributed by atoms with Gasteiger partial charge in [-0.15, -0.1) is 0 Å². The Morgan fingerprint density at radius 2 is 0.926 bits per heavy atom. The van der Waals surface area contributed by atoms with Crippen molar-refractivity contribution in [3.63, 3.8) is 0 Å². The zero-order chi connectivity index (χ0) is 60.6. The smallest absolute Gasteiger partial charge is 0.305 e. The third-order valence-corrected chi connectivity index (χ3v) is 13.4. The molecule has 0 aliphatic rings. The standard InChI is InChI=1S/C55H87N13O12S/c1-32(2)27-40(51(76)62-37(47(59)72)23-26-81-6)61-44(69)31-60-55(80)46(33(3)4)68-54(79)42(29-36-19-11-8-12-20-36)66-50(75)39(22-14-16-25-57)64-53(78)43(30-45(70)71)67-52(77)41(28-35-17-9-7-10-18-35)65-49(74)38(21-13-15-24-56)63-48(73)34(5)58/h7-12,17-20,32-34,37-43,46H,13-16,21-31,56-58H2,1-6H3,(H2,59,72)(H,60,80)(H,61,69)(H,62,76)(H,63,73)(H,64,78)(H,65,74)(H,66,75)(H,67,77)(H,68,79)(H,70,71)/t34-,37-,38-,39-,40-,41-,42-,43-,46-/m0/s1. The van der Waals surface area contributed by atoms with E-state index in [1.165, 1.54) is 18.7 Å². The topological polar surface area (TPSA) is 420 Å². The van der Waals surface area contributed by atoms with E-state index in [1.807, 2.05) is 20.1 Å². The Morgan fingerprint density at radius 3 is 1.36 bits per heavy atom. The van der Waals surface area contributed by atoms with Gasteiger partial charge in [0.15, 0.2) is 0 Å². The maximum Gasteiger partial charge on any atom is 0.305 e. The fourth-order valence-corrected chi connectivity index (χ4v) is 8.70. The van der Waals surface area contributed by atoms with Gasteiger partial charge in [0.25, 0.3) is 0 Å². The molecule has 0 aromatic heterocycles. The minimum atomic E-state index is -1.81. The van der Waals surface area contributed by atoms with Gasteiger partial charge in [-0.05, 0) is 106 Å². The van der Waals surface area contributed by atoms with Crippen molar-refractivity contribution in [1.82, 2.24) is 47.9 Å². The molecule has 25 nitrogen and oxygen atoms in total. The maximum atomic E-state index is 14.4. The molecule has 0 radical (unpaired) electrons. The molecule has 26 heteroatoms. The molecule has 0 heterocycles. The summed E-state index contributed by atoms with van der Waals surface area (Å²) in [6.07, 6.45) is 2.83. The highest BCUT2D eigenvalue weighted by Gasteiger charge is 2.36. The summed E-state index contributed by atoms with van der Waals surface area (Å²) >= 11 is 1.46. The van der Waals surface area contributed by atoms with Gasteiger partial charge < -0.3 is 75.9 Å². The van der Waals surface area contributed by atoms with Crippen molar-refractivity contribution in [2.45, 2.75) is 160 Å². The molecule has 10 amide bonds. The van der Waals surface area contributed by atoms with Gasteiger partial charge >= 0.3 is 5.97 Å². The summed E-state index contributed by atoms with van der Waals surface area (Å²) in [5.74, 6) is -9.59. The van der Waals surface area contributed by atoms with Crippen molar-refractivity contribution < 1.29 is 57.8 Å². The summed E-state index contributed by atoms with van der Waals surface area (Å²) in [6, 6.07) is 5.62. The number of carbonyl (C=O) groups is 11. The van der Waals surface area contributed by atoms with E-state index in [4.69, 9.17) is 22.9 Å². The molecule has 0 fully saturated rings. The first kappa shape index (κ1) is 69.9. The van der Waals surface area contributed by atoms with Gasteiger partial charge in [-0.1, -0.05) is 88.4 Å². The SMILES string of the molecule is CSCC[C@H](NC(=O)[C@H](CC(C)C)NC(=O)CNC(=O)[C@@H](NC(=O)[C@H](Cc1ccccc1)NC(=O)[C@H](CCCCN)NC(=O)[C@H](CC(=O)O)NC(=O)[C@H](Cc1ccccc1)NC(=O)[C@H](CCCCN)NC(=O)[C@H](C)N)C(C)C)C(N)=O. The van der Waals surface area contributed by atoms with Gasteiger partial charge in [0.2, 0.25) is 59.1 Å². The lowest BCUT2D eigenvalue weighted by Gasteiger charge is -2.28. The minimum Gasteiger partial charge on any atom is -0.481 e. The van der Waals surface area contributed by atoms with Crippen molar-refractivity contribution in [2.24, 2.45) is 34.8 Å². The number of nitrogens with one attached hydrogen (secondary N) is 9. The number of hydrogen-bond acceptors (Lipinski definition) is 15. The number of thioether (sulfide) groups is 1. The molecule has 0 saturated heterocycles. The summed E-state index contributed by atoms with van der Waals surface area (Å²) in [7, 11) is 0. The van der Waals surface area contributed by atoms with Crippen molar-refractivity contribution in [1.29, 1.82) is 0 Å². The Morgan fingerprint density at radius 1 is 0.506 bits per heavy atom. The molecule has 0 aliphatic heterocycles. The number of benzene rings is 2. The van der Waals surface area contributed by atoms with Gasteiger partial charge in [0, 0.05) is 12.8 Å².